The van der Waals surface area contributed by atoms with Gasteiger partial charge in [0.1, 0.15) is 0 Å². The molecule has 0 saturated carbocycles. The summed E-state index contributed by atoms with van der Waals surface area (Å²) in [5, 5.41) is 2.92. The van der Waals surface area contributed by atoms with E-state index in [1.165, 1.54) is 0 Å². The summed E-state index contributed by atoms with van der Waals surface area (Å²) in [4.78, 5) is 11.1. The Hall–Kier alpha value is -0.570. The number of hydrogen-bond acceptors (Lipinski definition) is 2. The normalized spacial score (nSPS) is 29.1. The Morgan fingerprint density at radius 3 is 2.62 bits per heavy atom. The molecule has 1 amide bonds. The molecule has 1 aliphatic heterocycles. The van der Waals surface area contributed by atoms with Crippen molar-refractivity contribution in [3.8, 4) is 0 Å². The molecule has 1 saturated heterocycles. The molecule has 2 atom stereocenters. The fraction of sp³-hybridized carbons (Fsp3) is 0.900. The summed E-state index contributed by atoms with van der Waals surface area (Å²) < 4.78 is 5.34. The Kier molecular flexibility index (Phi) is 2.96. The van der Waals surface area contributed by atoms with Gasteiger partial charge < -0.3 is 10.1 Å². The van der Waals surface area contributed by atoms with Gasteiger partial charge in [0.15, 0.2) is 0 Å². The summed E-state index contributed by atoms with van der Waals surface area (Å²) in [6.07, 6.45) is 1.58. The van der Waals surface area contributed by atoms with Gasteiger partial charge in [-0.15, -0.1) is 0 Å². The molecule has 0 bridgehead atoms. The van der Waals surface area contributed by atoms with Crippen LogP contribution in [0, 0.1) is 5.92 Å². The van der Waals surface area contributed by atoms with Gasteiger partial charge in [-0.2, -0.15) is 0 Å². The van der Waals surface area contributed by atoms with Crippen LogP contribution in [0.2, 0.25) is 0 Å². The third kappa shape index (κ3) is 2.69. The third-order valence-electron chi connectivity index (χ3n) is 2.85. The van der Waals surface area contributed by atoms with Crippen molar-refractivity contribution < 1.29 is 9.53 Å². The summed E-state index contributed by atoms with van der Waals surface area (Å²) >= 11 is 0. The van der Waals surface area contributed by atoms with E-state index in [4.69, 9.17) is 4.74 Å². The van der Waals surface area contributed by atoms with Crippen molar-refractivity contribution in [1.29, 1.82) is 0 Å². The molecule has 2 unspecified atom stereocenters. The Morgan fingerprint density at radius 2 is 2.23 bits per heavy atom. The first-order valence-corrected chi connectivity index (χ1v) is 4.79. The molecule has 1 fully saturated rings. The number of carbonyl (C=O) groups excluding carboxylic acids is 1. The van der Waals surface area contributed by atoms with Gasteiger partial charge in [0.05, 0.1) is 5.60 Å². The number of hydrogen-bond donors (Lipinski definition) is 1. The van der Waals surface area contributed by atoms with E-state index in [0.29, 0.717) is 18.4 Å². The molecular formula is C10H19NO2. The van der Waals surface area contributed by atoms with Crippen LogP contribution in [-0.4, -0.2) is 24.7 Å². The lowest BCUT2D eigenvalue weighted by Gasteiger charge is -2.27. The van der Waals surface area contributed by atoms with Gasteiger partial charge in [-0.3, -0.25) is 4.79 Å². The second kappa shape index (κ2) is 3.66. The molecule has 76 valence electrons. The van der Waals surface area contributed by atoms with Crippen LogP contribution in [0.4, 0.5) is 0 Å². The zero-order valence-corrected chi connectivity index (χ0v) is 8.89. The lowest BCUT2D eigenvalue weighted by atomic mass is 9.89. The molecule has 3 nitrogen and oxygen atoms in total. The summed E-state index contributed by atoms with van der Waals surface area (Å²) in [5.41, 5.74) is -0.120. The van der Waals surface area contributed by atoms with E-state index in [-0.39, 0.29) is 11.5 Å². The molecular weight excluding hydrogens is 166 g/mol. The van der Waals surface area contributed by atoms with Crippen LogP contribution in [0.1, 0.15) is 33.6 Å². The summed E-state index contributed by atoms with van der Waals surface area (Å²) in [5.74, 6) is 0.590. The molecule has 13 heavy (non-hydrogen) atoms. The number of amides is 1. The van der Waals surface area contributed by atoms with E-state index in [2.05, 4.69) is 26.1 Å². The number of nitrogens with one attached hydrogen (secondary N) is 1. The van der Waals surface area contributed by atoms with Crippen molar-refractivity contribution in [1.82, 2.24) is 5.32 Å². The van der Waals surface area contributed by atoms with Crippen LogP contribution in [0.25, 0.3) is 0 Å². The van der Waals surface area contributed by atoms with Gasteiger partial charge >= 0.3 is 0 Å². The van der Waals surface area contributed by atoms with Gasteiger partial charge in [-0.05, 0) is 33.1 Å². The van der Waals surface area contributed by atoms with Crippen LogP contribution < -0.4 is 5.32 Å². The Balaban J connectivity index is 2.50. The van der Waals surface area contributed by atoms with Crippen LogP contribution in [0.15, 0.2) is 0 Å². The van der Waals surface area contributed by atoms with E-state index in [1.54, 1.807) is 7.11 Å². The monoisotopic (exact) mass is 185 g/mol. The van der Waals surface area contributed by atoms with Crippen molar-refractivity contribution in [2.75, 3.05) is 7.11 Å². The molecule has 0 spiro atoms. The molecule has 3 heteroatoms. The summed E-state index contributed by atoms with van der Waals surface area (Å²) in [6.45, 7) is 6.17. The maximum atomic E-state index is 11.1. The second-order valence-electron chi connectivity index (χ2n) is 4.49. The van der Waals surface area contributed by atoms with Crippen LogP contribution in [0.3, 0.4) is 0 Å². The lowest BCUT2D eigenvalue weighted by Crippen LogP contribution is -2.31. The maximum absolute atomic E-state index is 11.1. The molecule has 0 aromatic rings. The van der Waals surface area contributed by atoms with Gasteiger partial charge in [-0.1, -0.05) is 0 Å². The maximum Gasteiger partial charge on any atom is 0.220 e. The number of methoxy groups -OCH3 is 1. The minimum atomic E-state index is -0.120. The van der Waals surface area contributed by atoms with Gasteiger partial charge in [0, 0.05) is 19.6 Å². The quantitative estimate of drug-likeness (QED) is 0.720. The molecule has 0 radical (unpaired) electrons. The smallest absolute Gasteiger partial charge is 0.220 e. The minimum Gasteiger partial charge on any atom is -0.379 e. The molecule has 1 aliphatic rings. The average Bonchev–Trinajstić information content (AvgIpc) is 2.30. The van der Waals surface area contributed by atoms with Gasteiger partial charge in [0.25, 0.3) is 0 Å². The number of ether oxygens (including phenoxy) is 1. The third-order valence-corrected chi connectivity index (χ3v) is 2.85. The Labute approximate surface area is 79.8 Å². The summed E-state index contributed by atoms with van der Waals surface area (Å²) in [7, 11) is 1.72. The highest BCUT2D eigenvalue weighted by molar-refractivity contribution is 5.78. The lowest BCUT2D eigenvalue weighted by molar-refractivity contribution is -0.119. The van der Waals surface area contributed by atoms with E-state index >= 15 is 0 Å². The highest BCUT2D eigenvalue weighted by atomic mass is 16.5. The molecule has 0 aromatic heterocycles. The largest absolute Gasteiger partial charge is 0.379 e. The van der Waals surface area contributed by atoms with Crippen molar-refractivity contribution >= 4 is 5.91 Å². The molecule has 0 aliphatic carbocycles. The first-order valence-electron chi connectivity index (χ1n) is 4.79. The zero-order chi connectivity index (χ0) is 10.1. The zero-order valence-electron chi connectivity index (χ0n) is 8.89. The van der Waals surface area contributed by atoms with E-state index in [9.17, 15) is 4.79 Å². The van der Waals surface area contributed by atoms with E-state index in [1.807, 2.05) is 0 Å². The molecule has 0 aromatic carbocycles. The average molecular weight is 185 g/mol. The highest BCUT2D eigenvalue weighted by Crippen LogP contribution is 2.27. The first-order chi connectivity index (χ1) is 5.94. The summed E-state index contributed by atoms with van der Waals surface area (Å²) in [6, 6.07) is 0.293. The molecule has 1 heterocycles. The predicted octanol–water partition coefficient (Wildman–Crippen LogP) is 1.33. The second-order valence-corrected chi connectivity index (χ2v) is 4.49. The SMILES string of the molecule is COC(C)(C)CC1CC(=O)NC1C. The van der Waals surface area contributed by atoms with Crippen molar-refractivity contribution in [3.05, 3.63) is 0 Å². The predicted molar refractivity (Wildman–Crippen MR) is 51.4 cm³/mol. The number of carbonyl (C=O) groups is 1. The van der Waals surface area contributed by atoms with E-state index in [0.717, 1.165) is 6.42 Å². The van der Waals surface area contributed by atoms with Crippen molar-refractivity contribution in [2.24, 2.45) is 5.92 Å². The molecule has 1 N–H and O–H groups in total. The minimum absolute atomic E-state index is 0.120. The van der Waals surface area contributed by atoms with Crippen molar-refractivity contribution in [3.63, 3.8) is 0 Å². The highest BCUT2D eigenvalue weighted by Gasteiger charge is 2.33. The Bertz CT molecular complexity index is 201. The fourth-order valence-corrected chi connectivity index (χ4v) is 1.81. The van der Waals surface area contributed by atoms with Crippen LogP contribution in [-0.2, 0) is 9.53 Å². The standard InChI is InChI=1S/C10H19NO2/c1-7-8(5-9(12)11-7)6-10(2,3)13-4/h7-8H,5-6H2,1-4H3,(H,11,12). The van der Waals surface area contributed by atoms with Gasteiger partial charge in [0.2, 0.25) is 5.91 Å². The Morgan fingerprint density at radius 1 is 1.62 bits per heavy atom. The molecule has 1 rings (SSSR count). The number of rotatable bonds is 3. The van der Waals surface area contributed by atoms with Crippen LogP contribution in [0.5, 0.6) is 0 Å². The van der Waals surface area contributed by atoms with Crippen molar-refractivity contribution in [2.45, 2.75) is 45.3 Å². The van der Waals surface area contributed by atoms with Crippen LogP contribution >= 0.6 is 0 Å². The first kappa shape index (κ1) is 10.5. The fourth-order valence-electron chi connectivity index (χ4n) is 1.81. The topological polar surface area (TPSA) is 38.3 Å². The van der Waals surface area contributed by atoms with Gasteiger partial charge in [-0.25, -0.2) is 0 Å². The van der Waals surface area contributed by atoms with E-state index < -0.39 is 0 Å².